The minimum absolute atomic E-state index is 0.177. The van der Waals surface area contributed by atoms with Gasteiger partial charge < -0.3 is 15.5 Å². The number of fused-ring (bicyclic) bond motifs is 1. The maximum atomic E-state index is 13.2. The molecule has 0 radical (unpaired) electrons. The Bertz CT molecular complexity index is 1030. The lowest BCUT2D eigenvalue weighted by Gasteiger charge is -2.22. The second-order valence-corrected chi connectivity index (χ2v) is 8.74. The summed E-state index contributed by atoms with van der Waals surface area (Å²) in [6.45, 7) is 5.83. The van der Waals surface area contributed by atoms with E-state index in [9.17, 15) is 14.4 Å². The number of hydrogen-bond acceptors (Lipinski definition) is 4. The minimum Gasteiger partial charge on any atom is -0.345 e. The van der Waals surface area contributed by atoms with E-state index in [1.807, 2.05) is 54.6 Å². The van der Waals surface area contributed by atoms with Crippen molar-refractivity contribution in [3.05, 3.63) is 65.7 Å². The Balaban J connectivity index is 1.80. The third kappa shape index (κ3) is 6.06. The molecule has 3 rings (SSSR count). The Labute approximate surface area is 195 Å². The molecule has 0 bridgehead atoms. The fourth-order valence-corrected chi connectivity index (χ4v) is 3.75. The predicted octanol–water partition coefficient (Wildman–Crippen LogP) is 3.27. The van der Waals surface area contributed by atoms with E-state index >= 15 is 0 Å². The number of benzodiazepines with no additional fused rings is 1. The summed E-state index contributed by atoms with van der Waals surface area (Å²) in [6, 6.07) is 16.3. The second-order valence-electron chi connectivity index (χ2n) is 8.74. The third-order valence-electron chi connectivity index (χ3n) is 5.63. The number of carbonyl (C=O) groups excluding carboxylic acids is 3. The number of benzene rings is 2. The summed E-state index contributed by atoms with van der Waals surface area (Å²) in [5.74, 6) is -0.459. The highest BCUT2D eigenvalue weighted by Crippen LogP contribution is 2.27. The number of anilines is 1. The molecule has 0 aromatic heterocycles. The lowest BCUT2D eigenvalue weighted by atomic mass is 10.0. The van der Waals surface area contributed by atoms with E-state index in [0.717, 1.165) is 24.0 Å². The molecule has 33 heavy (non-hydrogen) atoms. The summed E-state index contributed by atoms with van der Waals surface area (Å²) in [6.07, 6.45) is 0.985. The van der Waals surface area contributed by atoms with Gasteiger partial charge in [-0.2, -0.15) is 0 Å². The van der Waals surface area contributed by atoms with Crippen LogP contribution in [0.25, 0.3) is 0 Å². The Kier molecular flexibility index (Phi) is 7.98. The fraction of sp³-hybridized carbons (Fsp3) is 0.385. The number of para-hydroxylation sites is 1. The number of carbonyl (C=O) groups is 3. The first-order valence-electron chi connectivity index (χ1n) is 11.4. The van der Waals surface area contributed by atoms with Gasteiger partial charge in [0.25, 0.3) is 5.91 Å². The van der Waals surface area contributed by atoms with Gasteiger partial charge in [0.15, 0.2) is 0 Å². The standard InChI is InChI=1S/C26H32N4O3/c1-17(2)11-10-16-22(31)27-18(3)25(32)29-24-26(33)30(4)21-15-9-8-14-20(21)23(28-24)19-12-6-5-7-13-19/h5-9,12-15,17-18,24H,10-11,16H2,1-4H3,(H,27,31)(H,29,32)/t18-,24+/m0/s1. The van der Waals surface area contributed by atoms with Crippen LogP contribution in [0.1, 0.15) is 51.2 Å². The highest BCUT2D eigenvalue weighted by Gasteiger charge is 2.32. The van der Waals surface area contributed by atoms with Crippen molar-refractivity contribution in [2.75, 3.05) is 11.9 Å². The molecule has 0 aliphatic carbocycles. The SMILES string of the molecule is CC(C)CCCC(=O)N[C@@H](C)C(=O)N[C@H]1N=C(c2ccccc2)c2ccccc2N(C)C1=O. The molecule has 7 heteroatoms. The van der Waals surface area contributed by atoms with E-state index in [1.54, 1.807) is 14.0 Å². The summed E-state index contributed by atoms with van der Waals surface area (Å²) < 4.78 is 0. The van der Waals surface area contributed by atoms with Crippen molar-refractivity contribution in [1.29, 1.82) is 0 Å². The molecule has 174 valence electrons. The Morgan fingerprint density at radius 2 is 1.70 bits per heavy atom. The average molecular weight is 449 g/mol. The average Bonchev–Trinajstić information content (AvgIpc) is 2.90. The largest absolute Gasteiger partial charge is 0.345 e. The highest BCUT2D eigenvalue weighted by atomic mass is 16.2. The van der Waals surface area contributed by atoms with Crippen LogP contribution in [0.15, 0.2) is 59.6 Å². The number of likely N-dealkylation sites (N-methyl/N-ethyl adjacent to an activating group) is 1. The van der Waals surface area contributed by atoms with Crippen LogP contribution in [0.2, 0.25) is 0 Å². The van der Waals surface area contributed by atoms with Crippen LogP contribution < -0.4 is 15.5 Å². The Morgan fingerprint density at radius 3 is 2.39 bits per heavy atom. The number of nitrogens with zero attached hydrogens (tertiary/aromatic N) is 2. The molecule has 0 spiro atoms. The first-order chi connectivity index (χ1) is 15.8. The molecule has 0 fully saturated rings. The summed E-state index contributed by atoms with van der Waals surface area (Å²) in [4.78, 5) is 44.4. The third-order valence-corrected chi connectivity index (χ3v) is 5.63. The van der Waals surface area contributed by atoms with Crippen LogP contribution in [0.4, 0.5) is 5.69 Å². The molecule has 1 aliphatic heterocycles. The molecule has 2 N–H and O–H groups in total. The molecular weight excluding hydrogens is 416 g/mol. The molecule has 0 saturated carbocycles. The van der Waals surface area contributed by atoms with Crippen LogP contribution in [0.3, 0.4) is 0 Å². The zero-order valence-electron chi connectivity index (χ0n) is 19.7. The van der Waals surface area contributed by atoms with Crippen molar-refractivity contribution in [2.24, 2.45) is 10.9 Å². The van der Waals surface area contributed by atoms with Gasteiger partial charge in [0.1, 0.15) is 6.04 Å². The van der Waals surface area contributed by atoms with Gasteiger partial charge in [0, 0.05) is 24.6 Å². The Hall–Kier alpha value is -3.48. The molecule has 7 nitrogen and oxygen atoms in total. The summed E-state index contributed by atoms with van der Waals surface area (Å²) >= 11 is 0. The van der Waals surface area contributed by atoms with E-state index in [4.69, 9.17) is 0 Å². The molecule has 0 unspecified atom stereocenters. The molecule has 1 heterocycles. The first kappa shape index (κ1) is 24.2. The summed E-state index contributed by atoms with van der Waals surface area (Å²) in [7, 11) is 1.67. The quantitative estimate of drug-likeness (QED) is 0.649. The lowest BCUT2D eigenvalue weighted by molar-refractivity contribution is -0.130. The van der Waals surface area contributed by atoms with Crippen LogP contribution >= 0.6 is 0 Å². The molecule has 0 saturated heterocycles. The normalized spacial score (nSPS) is 16.5. The maximum Gasteiger partial charge on any atom is 0.272 e. The van der Waals surface area contributed by atoms with Crippen LogP contribution in [-0.4, -0.2) is 42.7 Å². The van der Waals surface area contributed by atoms with Crippen LogP contribution in [-0.2, 0) is 14.4 Å². The van der Waals surface area contributed by atoms with Crippen molar-refractivity contribution in [3.63, 3.8) is 0 Å². The lowest BCUT2D eigenvalue weighted by Crippen LogP contribution is -2.52. The van der Waals surface area contributed by atoms with Crippen molar-refractivity contribution in [2.45, 2.75) is 52.2 Å². The number of nitrogens with one attached hydrogen (secondary N) is 2. The van der Waals surface area contributed by atoms with Crippen LogP contribution in [0, 0.1) is 5.92 Å². The number of amides is 3. The molecule has 1 aliphatic rings. The smallest absolute Gasteiger partial charge is 0.272 e. The van der Waals surface area contributed by atoms with E-state index < -0.39 is 18.1 Å². The van der Waals surface area contributed by atoms with Gasteiger partial charge in [-0.15, -0.1) is 0 Å². The topological polar surface area (TPSA) is 90.9 Å². The Morgan fingerprint density at radius 1 is 1.03 bits per heavy atom. The van der Waals surface area contributed by atoms with Crippen molar-refractivity contribution in [3.8, 4) is 0 Å². The number of aliphatic imine (C=N–C) groups is 1. The fourth-order valence-electron chi connectivity index (χ4n) is 3.75. The molecule has 2 aromatic rings. The van der Waals surface area contributed by atoms with Gasteiger partial charge in [-0.1, -0.05) is 68.8 Å². The predicted molar refractivity (Wildman–Crippen MR) is 130 cm³/mol. The van der Waals surface area contributed by atoms with Gasteiger partial charge in [0.05, 0.1) is 11.4 Å². The van der Waals surface area contributed by atoms with E-state index in [1.165, 1.54) is 4.90 Å². The van der Waals surface area contributed by atoms with Gasteiger partial charge in [-0.05, 0) is 25.3 Å². The monoisotopic (exact) mass is 448 g/mol. The molecule has 2 atom stereocenters. The molecule has 3 amide bonds. The van der Waals surface area contributed by atoms with E-state index in [-0.39, 0.29) is 11.8 Å². The van der Waals surface area contributed by atoms with Crippen molar-refractivity contribution >= 4 is 29.1 Å². The van der Waals surface area contributed by atoms with Gasteiger partial charge in [-0.3, -0.25) is 14.4 Å². The van der Waals surface area contributed by atoms with Crippen molar-refractivity contribution < 1.29 is 14.4 Å². The number of hydrogen-bond donors (Lipinski definition) is 2. The maximum absolute atomic E-state index is 13.2. The molecular formula is C26H32N4O3. The van der Waals surface area contributed by atoms with Gasteiger partial charge >= 0.3 is 0 Å². The summed E-state index contributed by atoms with van der Waals surface area (Å²) in [5.41, 5.74) is 2.99. The van der Waals surface area contributed by atoms with E-state index in [2.05, 4.69) is 29.5 Å². The van der Waals surface area contributed by atoms with Crippen LogP contribution in [0.5, 0.6) is 0 Å². The van der Waals surface area contributed by atoms with Gasteiger partial charge in [0.2, 0.25) is 18.0 Å². The summed E-state index contributed by atoms with van der Waals surface area (Å²) in [5, 5.41) is 5.44. The highest BCUT2D eigenvalue weighted by molar-refractivity contribution is 6.20. The zero-order chi connectivity index (χ0) is 24.0. The first-order valence-corrected chi connectivity index (χ1v) is 11.4. The zero-order valence-corrected chi connectivity index (χ0v) is 19.7. The van der Waals surface area contributed by atoms with E-state index in [0.29, 0.717) is 23.7 Å². The van der Waals surface area contributed by atoms with Gasteiger partial charge in [-0.25, -0.2) is 4.99 Å². The van der Waals surface area contributed by atoms with Crippen molar-refractivity contribution in [1.82, 2.24) is 10.6 Å². The second kappa shape index (κ2) is 10.9. The molecule has 2 aromatic carbocycles. The minimum atomic E-state index is -1.11. The number of rotatable bonds is 8.